The average molecular weight is 317 g/mol. The van der Waals surface area contributed by atoms with Gasteiger partial charge in [0.1, 0.15) is 0 Å². The van der Waals surface area contributed by atoms with Gasteiger partial charge in [-0.25, -0.2) is 0 Å². The molecule has 1 fully saturated rings. The molecule has 1 aromatic rings. The molecule has 0 saturated carbocycles. The van der Waals surface area contributed by atoms with E-state index in [9.17, 15) is 9.90 Å². The number of hydrogen-bond donors (Lipinski definition) is 3. The molecule has 0 bridgehead atoms. The van der Waals surface area contributed by atoms with Gasteiger partial charge in [0.2, 0.25) is 5.91 Å². The highest BCUT2D eigenvalue weighted by Crippen LogP contribution is 2.31. The van der Waals surface area contributed by atoms with E-state index >= 15 is 0 Å². The lowest BCUT2D eigenvalue weighted by Gasteiger charge is -2.22. The third-order valence-electron chi connectivity index (χ3n) is 2.48. The zero-order chi connectivity index (χ0) is 12.3. The van der Waals surface area contributed by atoms with Crippen molar-refractivity contribution in [3.8, 4) is 5.75 Å². The van der Waals surface area contributed by atoms with E-state index in [2.05, 4.69) is 26.6 Å². The van der Waals surface area contributed by atoms with Crippen molar-refractivity contribution in [1.82, 2.24) is 5.32 Å². The minimum absolute atomic E-state index is 0.0595. The highest BCUT2D eigenvalue weighted by molar-refractivity contribution is 9.10. The fraction of sp³-hybridized carbons (Fsp3) is 0.364. The second kappa shape index (κ2) is 5.75. The summed E-state index contributed by atoms with van der Waals surface area (Å²) in [6.07, 6.45) is 0. The molecule has 1 heterocycles. The molecule has 1 atom stereocenters. The number of carbonyl (C=O) groups excluding carboxylic acids is 1. The van der Waals surface area contributed by atoms with E-state index in [0.29, 0.717) is 10.2 Å². The lowest BCUT2D eigenvalue weighted by atomic mass is 10.2. The summed E-state index contributed by atoms with van der Waals surface area (Å²) in [6, 6.07) is 4.97. The van der Waals surface area contributed by atoms with Crippen LogP contribution in [0.25, 0.3) is 0 Å². The molecule has 17 heavy (non-hydrogen) atoms. The van der Waals surface area contributed by atoms with Gasteiger partial charge in [-0.05, 0) is 28.1 Å². The van der Waals surface area contributed by atoms with Crippen LogP contribution in [0.1, 0.15) is 0 Å². The van der Waals surface area contributed by atoms with E-state index in [1.165, 1.54) is 0 Å². The van der Waals surface area contributed by atoms with Crippen LogP contribution in [-0.4, -0.2) is 35.1 Å². The fourth-order valence-corrected chi connectivity index (χ4v) is 2.87. The summed E-state index contributed by atoms with van der Waals surface area (Å²) in [5.41, 5.74) is 0.432. The van der Waals surface area contributed by atoms with E-state index in [4.69, 9.17) is 0 Å². The second-order valence-electron chi connectivity index (χ2n) is 3.71. The predicted molar refractivity (Wildman–Crippen MR) is 73.6 cm³/mol. The number of carbonyl (C=O) groups is 1. The number of aromatic hydroxyl groups is 1. The number of anilines is 1. The molecule has 1 saturated heterocycles. The van der Waals surface area contributed by atoms with E-state index in [1.807, 2.05) is 0 Å². The van der Waals surface area contributed by atoms with Gasteiger partial charge in [0.25, 0.3) is 0 Å². The van der Waals surface area contributed by atoms with Gasteiger partial charge in [-0.1, -0.05) is 6.07 Å². The maximum Gasteiger partial charge on any atom is 0.242 e. The summed E-state index contributed by atoms with van der Waals surface area (Å²) in [6.45, 7) is 0.840. The van der Waals surface area contributed by atoms with Crippen molar-refractivity contribution in [3.05, 3.63) is 22.7 Å². The zero-order valence-corrected chi connectivity index (χ0v) is 11.5. The highest BCUT2D eigenvalue weighted by atomic mass is 79.9. The molecule has 0 radical (unpaired) electrons. The van der Waals surface area contributed by atoms with Crippen molar-refractivity contribution in [1.29, 1.82) is 0 Å². The van der Waals surface area contributed by atoms with Crippen LogP contribution in [0.15, 0.2) is 22.7 Å². The number of benzene rings is 1. The lowest BCUT2D eigenvalue weighted by Crippen LogP contribution is -2.46. The molecule has 2 rings (SSSR count). The SMILES string of the molecule is O=C(Nc1cccc(Br)c1O)C1CSCCN1. The number of phenols is 1. The topological polar surface area (TPSA) is 61.4 Å². The van der Waals surface area contributed by atoms with Crippen LogP contribution in [0.3, 0.4) is 0 Å². The minimum atomic E-state index is -0.188. The first kappa shape index (κ1) is 12.7. The van der Waals surface area contributed by atoms with Crippen molar-refractivity contribution in [2.75, 3.05) is 23.4 Å². The predicted octanol–water partition coefficient (Wildman–Crippen LogP) is 1.80. The van der Waals surface area contributed by atoms with Crippen molar-refractivity contribution in [2.24, 2.45) is 0 Å². The van der Waals surface area contributed by atoms with Crippen LogP contribution >= 0.6 is 27.7 Å². The van der Waals surface area contributed by atoms with Crippen LogP contribution in [0, 0.1) is 0 Å². The Morgan fingerprint density at radius 3 is 3.12 bits per heavy atom. The molecule has 1 aliphatic rings. The number of phenolic OH excluding ortho intramolecular Hbond substituents is 1. The molecule has 1 amide bonds. The van der Waals surface area contributed by atoms with Crippen LogP contribution in [0.2, 0.25) is 0 Å². The van der Waals surface area contributed by atoms with Gasteiger partial charge in [-0.15, -0.1) is 0 Å². The maximum atomic E-state index is 11.9. The van der Waals surface area contributed by atoms with Crippen molar-refractivity contribution in [3.63, 3.8) is 0 Å². The quantitative estimate of drug-likeness (QED) is 0.728. The molecule has 1 unspecified atom stereocenters. The smallest absolute Gasteiger partial charge is 0.242 e. The molecular weight excluding hydrogens is 304 g/mol. The van der Waals surface area contributed by atoms with Crippen molar-refractivity contribution in [2.45, 2.75) is 6.04 Å². The number of hydrogen-bond acceptors (Lipinski definition) is 4. The molecule has 0 spiro atoms. The Labute approximate surface area is 112 Å². The third kappa shape index (κ3) is 3.14. The summed E-state index contributed by atoms with van der Waals surface area (Å²) in [5.74, 6) is 1.75. The van der Waals surface area contributed by atoms with Gasteiger partial charge in [0.05, 0.1) is 16.2 Å². The van der Waals surface area contributed by atoms with E-state index < -0.39 is 0 Å². The van der Waals surface area contributed by atoms with E-state index in [0.717, 1.165) is 18.1 Å². The van der Waals surface area contributed by atoms with Crippen molar-refractivity contribution >= 4 is 39.3 Å². The summed E-state index contributed by atoms with van der Waals surface area (Å²) in [7, 11) is 0. The van der Waals surface area contributed by atoms with Gasteiger partial charge in [0, 0.05) is 18.1 Å². The van der Waals surface area contributed by atoms with E-state index in [1.54, 1.807) is 30.0 Å². The normalized spacial score (nSPS) is 19.9. The Balaban J connectivity index is 2.04. The Morgan fingerprint density at radius 2 is 2.41 bits per heavy atom. The Kier molecular flexibility index (Phi) is 4.31. The first-order valence-corrected chi connectivity index (χ1v) is 7.22. The molecule has 3 N–H and O–H groups in total. The number of amides is 1. The number of rotatable bonds is 2. The van der Waals surface area contributed by atoms with Gasteiger partial charge in [-0.3, -0.25) is 4.79 Å². The Morgan fingerprint density at radius 1 is 1.59 bits per heavy atom. The van der Waals surface area contributed by atoms with Crippen LogP contribution in [0.5, 0.6) is 5.75 Å². The zero-order valence-electron chi connectivity index (χ0n) is 9.07. The second-order valence-corrected chi connectivity index (χ2v) is 5.71. The molecule has 92 valence electrons. The monoisotopic (exact) mass is 316 g/mol. The van der Waals surface area contributed by atoms with Gasteiger partial charge >= 0.3 is 0 Å². The third-order valence-corrected chi connectivity index (χ3v) is 4.18. The van der Waals surface area contributed by atoms with Gasteiger partial charge in [-0.2, -0.15) is 11.8 Å². The number of halogens is 1. The van der Waals surface area contributed by atoms with Crippen LogP contribution in [0.4, 0.5) is 5.69 Å². The fourth-order valence-electron chi connectivity index (χ4n) is 1.57. The number of nitrogens with one attached hydrogen (secondary N) is 2. The molecule has 4 nitrogen and oxygen atoms in total. The summed E-state index contributed by atoms with van der Waals surface area (Å²) in [4.78, 5) is 11.9. The number of thioether (sulfide) groups is 1. The summed E-state index contributed by atoms with van der Waals surface area (Å²) in [5, 5.41) is 15.6. The summed E-state index contributed by atoms with van der Waals surface area (Å²) < 4.78 is 0.571. The molecule has 1 aliphatic heterocycles. The molecular formula is C11H13BrN2O2S. The Hall–Kier alpha value is -0.720. The molecule has 0 aliphatic carbocycles. The van der Waals surface area contributed by atoms with Crippen LogP contribution in [-0.2, 0) is 4.79 Å². The summed E-state index contributed by atoms with van der Waals surface area (Å²) >= 11 is 4.97. The van der Waals surface area contributed by atoms with Gasteiger partial charge in [0.15, 0.2) is 5.75 Å². The van der Waals surface area contributed by atoms with Crippen LogP contribution < -0.4 is 10.6 Å². The molecule has 0 aromatic heterocycles. The largest absolute Gasteiger partial charge is 0.505 e. The first-order valence-electron chi connectivity index (χ1n) is 5.28. The van der Waals surface area contributed by atoms with E-state index in [-0.39, 0.29) is 17.7 Å². The van der Waals surface area contributed by atoms with Gasteiger partial charge < -0.3 is 15.7 Å². The molecule has 6 heteroatoms. The minimum Gasteiger partial charge on any atom is -0.505 e. The Bertz CT molecular complexity index is 422. The van der Waals surface area contributed by atoms with Crippen molar-refractivity contribution < 1.29 is 9.90 Å². The standard InChI is InChI=1S/C11H13BrN2O2S/c12-7-2-1-3-8(10(7)15)14-11(16)9-6-17-5-4-13-9/h1-3,9,13,15H,4-6H2,(H,14,16). The average Bonchev–Trinajstić information content (AvgIpc) is 2.36. The highest BCUT2D eigenvalue weighted by Gasteiger charge is 2.21. The number of para-hydroxylation sites is 1. The first-order chi connectivity index (χ1) is 8.18. The molecule has 1 aromatic carbocycles. The lowest BCUT2D eigenvalue weighted by molar-refractivity contribution is -0.117. The maximum absolute atomic E-state index is 11.9.